The van der Waals surface area contributed by atoms with E-state index in [1.165, 1.54) is 27.1 Å². The normalized spacial score (nSPS) is 19.1. The molecule has 186 valence electrons. The molecule has 3 aromatic rings. The summed E-state index contributed by atoms with van der Waals surface area (Å²) < 4.78 is 0. The summed E-state index contributed by atoms with van der Waals surface area (Å²) in [5, 5.41) is 11.2. The van der Waals surface area contributed by atoms with E-state index in [0.717, 1.165) is 18.2 Å². The maximum absolute atomic E-state index is 10.2. The van der Waals surface area contributed by atoms with Crippen molar-refractivity contribution in [1.29, 1.82) is 0 Å². The van der Waals surface area contributed by atoms with Crippen molar-refractivity contribution in [1.82, 2.24) is 0 Å². The average Bonchev–Trinajstić information content (AvgIpc) is 2.88. The van der Waals surface area contributed by atoms with Gasteiger partial charge in [0.2, 0.25) is 0 Å². The van der Waals surface area contributed by atoms with E-state index in [4.69, 9.17) is 0 Å². The topological polar surface area (TPSA) is 20.2 Å². The predicted octanol–water partition coefficient (Wildman–Crippen LogP) is 7.27. The SMILES string of the molecule is CC1=C(C#C/C(C)=C/CP(Br)(c2ccccc2)(c2ccccc2)c2ccccc2)C(C)(C)C[C@H](O)C1. The molecule has 0 saturated heterocycles. The summed E-state index contributed by atoms with van der Waals surface area (Å²) in [6, 6.07) is 32.6. The predicted molar refractivity (Wildman–Crippen MR) is 162 cm³/mol. The summed E-state index contributed by atoms with van der Waals surface area (Å²) >= 11 is 4.51. The Hall–Kier alpha value is -2.43. The van der Waals surface area contributed by atoms with Crippen LogP contribution in [0, 0.1) is 17.3 Å². The van der Waals surface area contributed by atoms with Crippen LogP contribution >= 0.6 is 20.8 Å². The third kappa shape index (κ3) is 5.03. The molecule has 0 amide bonds. The van der Waals surface area contributed by atoms with Crippen molar-refractivity contribution in [2.45, 2.75) is 46.6 Å². The molecule has 1 N–H and O–H groups in total. The fourth-order valence-electron chi connectivity index (χ4n) is 5.57. The molecule has 4 rings (SSSR count). The molecule has 0 radical (unpaired) electrons. The Labute approximate surface area is 225 Å². The Morgan fingerprint density at radius 3 is 1.78 bits per heavy atom. The van der Waals surface area contributed by atoms with Crippen molar-refractivity contribution < 1.29 is 5.11 Å². The molecule has 1 aliphatic carbocycles. The summed E-state index contributed by atoms with van der Waals surface area (Å²) in [5.41, 5.74) is 3.33. The van der Waals surface area contributed by atoms with E-state index in [-0.39, 0.29) is 11.5 Å². The van der Waals surface area contributed by atoms with Gasteiger partial charge < -0.3 is 0 Å². The van der Waals surface area contributed by atoms with Gasteiger partial charge in [0.1, 0.15) is 0 Å². The molecule has 36 heavy (non-hydrogen) atoms. The van der Waals surface area contributed by atoms with E-state index in [2.05, 4.69) is 152 Å². The van der Waals surface area contributed by atoms with Gasteiger partial charge in [0, 0.05) is 0 Å². The summed E-state index contributed by atoms with van der Waals surface area (Å²) in [7, 11) is 0. The van der Waals surface area contributed by atoms with E-state index >= 15 is 0 Å². The number of rotatable bonds is 5. The van der Waals surface area contributed by atoms with E-state index in [0.29, 0.717) is 6.42 Å². The van der Waals surface area contributed by atoms with Gasteiger partial charge in [-0.15, -0.1) is 0 Å². The van der Waals surface area contributed by atoms with Crippen LogP contribution < -0.4 is 15.9 Å². The van der Waals surface area contributed by atoms with Gasteiger partial charge in [-0.05, 0) is 0 Å². The maximum atomic E-state index is 10.2. The molecule has 0 saturated carbocycles. The Balaban J connectivity index is 1.85. The van der Waals surface area contributed by atoms with Crippen LogP contribution in [0.2, 0.25) is 0 Å². The van der Waals surface area contributed by atoms with Crippen LogP contribution in [0.3, 0.4) is 0 Å². The van der Waals surface area contributed by atoms with Gasteiger partial charge in [0.15, 0.2) is 0 Å². The zero-order chi connectivity index (χ0) is 25.8. The summed E-state index contributed by atoms with van der Waals surface area (Å²) in [4.78, 5) is 0. The van der Waals surface area contributed by atoms with Gasteiger partial charge in [-0.1, -0.05) is 0 Å². The van der Waals surface area contributed by atoms with Crippen LogP contribution in [-0.4, -0.2) is 17.4 Å². The molecule has 0 aromatic heterocycles. The van der Waals surface area contributed by atoms with Crippen LogP contribution in [0.5, 0.6) is 0 Å². The zero-order valence-corrected chi connectivity index (χ0v) is 24.2. The standard InChI is InChI=1S/C33H36BrOP/c1-26(20-21-32-27(2)24-28(35)25-33(32,3)4)22-23-36(34,29-14-8-5-9-15-29,30-16-10-6-11-17-30)31-18-12-7-13-19-31/h5-19,22,28,35H,23-25H2,1-4H3/b26-22+/t28-/m1/s1. The molecule has 1 aliphatic rings. The fourth-order valence-corrected chi connectivity index (χ4v) is 12.7. The molecule has 1 atom stereocenters. The van der Waals surface area contributed by atoms with Crippen molar-refractivity contribution in [2.75, 3.05) is 6.16 Å². The first-order chi connectivity index (χ1) is 17.1. The first-order valence-electron chi connectivity index (χ1n) is 12.6. The van der Waals surface area contributed by atoms with Gasteiger partial charge in [0.25, 0.3) is 0 Å². The summed E-state index contributed by atoms with van der Waals surface area (Å²) in [5.74, 6) is 6.97. The molecule has 1 nitrogen and oxygen atoms in total. The second-order valence-electron chi connectivity index (χ2n) is 10.6. The number of hydrogen-bond acceptors (Lipinski definition) is 1. The third-order valence-corrected chi connectivity index (χ3v) is 16.9. The van der Waals surface area contributed by atoms with Crippen molar-refractivity contribution in [2.24, 2.45) is 5.41 Å². The van der Waals surface area contributed by atoms with Crippen LogP contribution in [-0.2, 0) is 0 Å². The van der Waals surface area contributed by atoms with Gasteiger partial charge in [0.05, 0.1) is 0 Å². The molecule has 0 fully saturated rings. The van der Waals surface area contributed by atoms with Crippen LogP contribution in [0.15, 0.2) is 114 Å². The number of hydrogen-bond donors (Lipinski definition) is 1. The molecule has 3 heteroatoms. The minimum atomic E-state index is -3.00. The molecule has 3 aromatic carbocycles. The van der Waals surface area contributed by atoms with Crippen molar-refractivity contribution in [3.63, 3.8) is 0 Å². The van der Waals surface area contributed by atoms with E-state index in [1.54, 1.807) is 0 Å². The van der Waals surface area contributed by atoms with Crippen LogP contribution in [0.25, 0.3) is 0 Å². The van der Waals surface area contributed by atoms with E-state index in [9.17, 15) is 5.11 Å². The second kappa shape index (κ2) is 10.5. The summed E-state index contributed by atoms with van der Waals surface area (Å²) in [6.45, 7) is 8.60. The molecule has 0 aliphatic heterocycles. The Morgan fingerprint density at radius 1 is 0.917 bits per heavy atom. The van der Waals surface area contributed by atoms with Crippen LogP contribution in [0.4, 0.5) is 0 Å². The van der Waals surface area contributed by atoms with E-state index < -0.39 is 5.31 Å². The molecule has 0 unspecified atom stereocenters. The van der Waals surface area contributed by atoms with Crippen molar-refractivity contribution in [3.8, 4) is 11.8 Å². The van der Waals surface area contributed by atoms with Gasteiger partial charge in [-0.25, -0.2) is 0 Å². The molecular formula is C33H36BrOP. The summed E-state index contributed by atoms with van der Waals surface area (Å²) in [6.07, 6.45) is 4.33. The Bertz CT molecular complexity index is 1230. The quantitative estimate of drug-likeness (QED) is 0.258. The second-order valence-corrected chi connectivity index (χ2v) is 19.6. The number of halogens is 1. The van der Waals surface area contributed by atoms with Gasteiger partial charge >= 0.3 is 226 Å². The van der Waals surface area contributed by atoms with Gasteiger partial charge in [-0.2, -0.15) is 0 Å². The van der Waals surface area contributed by atoms with Crippen molar-refractivity contribution >= 4 is 36.7 Å². The molecule has 0 heterocycles. The van der Waals surface area contributed by atoms with Crippen LogP contribution in [0.1, 0.15) is 40.5 Å². The molecular weight excluding hydrogens is 523 g/mol. The molecule has 0 bridgehead atoms. The Morgan fingerprint density at radius 2 is 1.36 bits per heavy atom. The number of aliphatic hydroxyl groups excluding tert-OH is 1. The first-order valence-corrected chi connectivity index (χ1v) is 17.1. The average molecular weight is 560 g/mol. The first kappa shape index (κ1) is 26.6. The number of benzene rings is 3. The zero-order valence-electron chi connectivity index (χ0n) is 21.7. The minimum absolute atomic E-state index is 0.109. The third-order valence-electron chi connectivity index (χ3n) is 7.40. The van der Waals surface area contributed by atoms with E-state index in [1.807, 2.05) is 0 Å². The van der Waals surface area contributed by atoms with Gasteiger partial charge in [-0.3, -0.25) is 0 Å². The fraction of sp³-hybridized carbons (Fsp3) is 0.273. The number of aliphatic hydroxyl groups is 1. The monoisotopic (exact) mass is 558 g/mol. The number of allylic oxidation sites excluding steroid dienone is 3. The van der Waals surface area contributed by atoms with Crippen molar-refractivity contribution in [3.05, 3.63) is 114 Å². The Kier molecular flexibility index (Phi) is 7.78. The molecule has 0 spiro atoms.